The van der Waals surface area contributed by atoms with E-state index in [4.69, 9.17) is 10.2 Å². The van der Waals surface area contributed by atoms with Crippen LogP contribution in [-0.4, -0.2) is 63.7 Å². The molecule has 2 amide bonds. The van der Waals surface area contributed by atoms with Crippen LogP contribution in [0.25, 0.3) is 0 Å². The van der Waals surface area contributed by atoms with Crippen molar-refractivity contribution in [2.24, 2.45) is 0 Å². The summed E-state index contributed by atoms with van der Waals surface area (Å²) < 4.78 is 0. The number of aliphatic carboxylic acids is 2. The van der Waals surface area contributed by atoms with Gasteiger partial charge in [0.15, 0.2) is 0 Å². The van der Waals surface area contributed by atoms with Crippen molar-refractivity contribution in [3.05, 3.63) is 0 Å². The van der Waals surface area contributed by atoms with E-state index in [0.29, 0.717) is 6.54 Å². The average molecular weight is 246 g/mol. The Morgan fingerprint density at radius 3 is 1.71 bits per heavy atom. The molecule has 0 spiro atoms. The van der Waals surface area contributed by atoms with Crippen molar-refractivity contribution >= 4 is 18.0 Å². The minimum Gasteiger partial charge on any atom is -0.480 e. The van der Waals surface area contributed by atoms with E-state index in [0.717, 1.165) is 4.90 Å². The summed E-state index contributed by atoms with van der Waals surface area (Å²) in [5, 5.41) is 17.3. The van der Waals surface area contributed by atoms with E-state index in [1.165, 1.54) is 4.90 Å². The maximum atomic E-state index is 11.9. The SMILES string of the molecule is CCN(C(=O)N(CC(=O)O)CC(=O)O)C(C)C. The lowest BCUT2D eigenvalue weighted by Crippen LogP contribution is -2.49. The van der Waals surface area contributed by atoms with E-state index in [1.54, 1.807) is 20.8 Å². The van der Waals surface area contributed by atoms with Crippen molar-refractivity contribution in [1.29, 1.82) is 0 Å². The molecule has 7 nitrogen and oxygen atoms in total. The van der Waals surface area contributed by atoms with Crippen molar-refractivity contribution in [3.63, 3.8) is 0 Å². The number of carboxylic acids is 2. The molecule has 0 heterocycles. The van der Waals surface area contributed by atoms with E-state index in [9.17, 15) is 14.4 Å². The molecule has 0 saturated carbocycles. The molecule has 0 atom stereocenters. The molecule has 98 valence electrons. The topological polar surface area (TPSA) is 98.2 Å². The highest BCUT2D eigenvalue weighted by Crippen LogP contribution is 2.04. The van der Waals surface area contributed by atoms with Crippen molar-refractivity contribution < 1.29 is 24.6 Å². The summed E-state index contributed by atoms with van der Waals surface area (Å²) in [6.07, 6.45) is 0. The van der Waals surface area contributed by atoms with E-state index in [-0.39, 0.29) is 6.04 Å². The van der Waals surface area contributed by atoms with Crippen molar-refractivity contribution in [2.45, 2.75) is 26.8 Å². The van der Waals surface area contributed by atoms with Crippen LogP contribution in [0.15, 0.2) is 0 Å². The second-order valence-corrected chi connectivity index (χ2v) is 3.81. The van der Waals surface area contributed by atoms with Crippen LogP contribution in [-0.2, 0) is 9.59 Å². The Bertz CT molecular complexity index is 287. The number of carbonyl (C=O) groups is 3. The Labute approximate surface area is 99.6 Å². The molecule has 0 fully saturated rings. The van der Waals surface area contributed by atoms with E-state index < -0.39 is 31.1 Å². The largest absolute Gasteiger partial charge is 0.480 e. The summed E-state index contributed by atoms with van der Waals surface area (Å²) in [7, 11) is 0. The molecular weight excluding hydrogens is 228 g/mol. The van der Waals surface area contributed by atoms with Crippen molar-refractivity contribution in [3.8, 4) is 0 Å². The number of rotatable bonds is 6. The van der Waals surface area contributed by atoms with Crippen LogP contribution in [0.2, 0.25) is 0 Å². The molecule has 0 aromatic carbocycles. The van der Waals surface area contributed by atoms with Gasteiger partial charge in [-0.2, -0.15) is 0 Å². The first kappa shape index (κ1) is 15.2. The number of amides is 2. The van der Waals surface area contributed by atoms with Gasteiger partial charge in [0.1, 0.15) is 13.1 Å². The molecule has 0 unspecified atom stereocenters. The minimum absolute atomic E-state index is 0.113. The molecule has 0 aromatic heterocycles. The minimum atomic E-state index is -1.24. The van der Waals surface area contributed by atoms with Gasteiger partial charge in [0.05, 0.1) is 0 Å². The number of nitrogens with zero attached hydrogens (tertiary/aromatic N) is 2. The van der Waals surface area contributed by atoms with E-state index >= 15 is 0 Å². The molecule has 0 aliphatic rings. The zero-order valence-corrected chi connectivity index (χ0v) is 10.2. The molecule has 0 aromatic rings. The van der Waals surface area contributed by atoms with Gasteiger partial charge in [0.25, 0.3) is 0 Å². The van der Waals surface area contributed by atoms with E-state index in [1.807, 2.05) is 0 Å². The fourth-order valence-electron chi connectivity index (χ4n) is 1.42. The first-order valence-electron chi connectivity index (χ1n) is 5.28. The lowest BCUT2D eigenvalue weighted by molar-refractivity contribution is -0.140. The average Bonchev–Trinajstić information content (AvgIpc) is 2.15. The summed E-state index contributed by atoms with van der Waals surface area (Å²) in [5.41, 5.74) is 0. The highest BCUT2D eigenvalue weighted by Gasteiger charge is 2.25. The molecule has 0 saturated heterocycles. The quantitative estimate of drug-likeness (QED) is 0.702. The normalized spacial score (nSPS) is 10.1. The predicted molar refractivity (Wildman–Crippen MR) is 59.8 cm³/mol. The number of carbonyl (C=O) groups excluding carboxylic acids is 1. The van der Waals surface area contributed by atoms with Gasteiger partial charge in [-0.05, 0) is 20.8 Å². The van der Waals surface area contributed by atoms with Crippen LogP contribution in [0, 0.1) is 0 Å². The van der Waals surface area contributed by atoms with Gasteiger partial charge >= 0.3 is 18.0 Å². The predicted octanol–water partition coefficient (Wildman–Crippen LogP) is 0.308. The fourth-order valence-corrected chi connectivity index (χ4v) is 1.42. The summed E-state index contributed by atoms with van der Waals surface area (Å²) in [5.74, 6) is -2.47. The van der Waals surface area contributed by atoms with Gasteiger partial charge in [-0.3, -0.25) is 9.59 Å². The Hall–Kier alpha value is -1.79. The van der Waals surface area contributed by atoms with Gasteiger partial charge in [-0.25, -0.2) is 4.79 Å². The number of urea groups is 1. The molecule has 0 bridgehead atoms. The lowest BCUT2D eigenvalue weighted by atomic mass is 10.3. The van der Waals surface area contributed by atoms with Crippen LogP contribution >= 0.6 is 0 Å². The summed E-state index contributed by atoms with van der Waals surface area (Å²) in [6.45, 7) is 4.47. The standard InChI is InChI=1S/C10H18N2O5/c1-4-12(7(2)3)10(17)11(5-8(13)14)6-9(15)16/h7H,4-6H2,1-3H3,(H,13,14)(H,15,16). The first-order valence-corrected chi connectivity index (χ1v) is 5.28. The summed E-state index contributed by atoms with van der Waals surface area (Å²) in [4.78, 5) is 35.3. The van der Waals surface area contributed by atoms with Crippen molar-refractivity contribution in [2.75, 3.05) is 19.6 Å². The Kier molecular flexibility index (Phi) is 6.01. The second-order valence-electron chi connectivity index (χ2n) is 3.81. The van der Waals surface area contributed by atoms with Gasteiger partial charge in [-0.1, -0.05) is 0 Å². The maximum absolute atomic E-state index is 11.9. The molecule has 0 radical (unpaired) electrons. The van der Waals surface area contributed by atoms with Gasteiger partial charge < -0.3 is 20.0 Å². The number of hydrogen-bond donors (Lipinski definition) is 2. The van der Waals surface area contributed by atoms with E-state index in [2.05, 4.69) is 0 Å². The third-order valence-electron chi connectivity index (χ3n) is 2.13. The Morgan fingerprint density at radius 1 is 1.06 bits per heavy atom. The Balaban J connectivity index is 4.82. The van der Waals surface area contributed by atoms with Crippen LogP contribution < -0.4 is 0 Å². The van der Waals surface area contributed by atoms with Crippen LogP contribution in [0.5, 0.6) is 0 Å². The van der Waals surface area contributed by atoms with Crippen LogP contribution in [0.1, 0.15) is 20.8 Å². The molecule has 0 rings (SSSR count). The lowest BCUT2D eigenvalue weighted by Gasteiger charge is -2.30. The third-order valence-corrected chi connectivity index (χ3v) is 2.13. The van der Waals surface area contributed by atoms with Gasteiger partial charge in [0, 0.05) is 12.6 Å². The first-order chi connectivity index (χ1) is 7.79. The summed E-state index contributed by atoms with van der Waals surface area (Å²) >= 11 is 0. The fraction of sp³-hybridized carbons (Fsp3) is 0.700. The molecule has 7 heteroatoms. The zero-order chi connectivity index (χ0) is 13.6. The monoisotopic (exact) mass is 246 g/mol. The molecule has 17 heavy (non-hydrogen) atoms. The maximum Gasteiger partial charge on any atom is 0.323 e. The number of hydrogen-bond acceptors (Lipinski definition) is 3. The molecule has 0 aliphatic heterocycles. The molecular formula is C10H18N2O5. The van der Waals surface area contributed by atoms with Crippen LogP contribution in [0.4, 0.5) is 4.79 Å². The Morgan fingerprint density at radius 2 is 1.47 bits per heavy atom. The third kappa shape index (κ3) is 5.19. The highest BCUT2D eigenvalue weighted by atomic mass is 16.4. The molecule has 0 aliphatic carbocycles. The van der Waals surface area contributed by atoms with Gasteiger partial charge in [0.2, 0.25) is 0 Å². The highest BCUT2D eigenvalue weighted by molar-refractivity contribution is 5.84. The van der Waals surface area contributed by atoms with Gasteiger partial charge in [-0.15, -0.1) is 0 Å². The van der Waals surface area contributed by atoms with Crippen LogP contribution in [0.3, 0.4) is 0 Å². The second kappa shape index (κ2) is 6.72. The summed E-state index contributed by atoms with van der Waals surface area (Å²) in [6, 6.07) is -0.690. The van der Waals surface area contributed by atoms with Crippen molar-refractivity contribution in [1.82, 2.24) is 9.80 Å². The zero-order valence-electron chi connectivity index (χ0n) is 10.2. The smallest absolute Gasteiger partial charge is 0.323 e. The molecule has 2 N–H and O–H groups in total. The number of carboxylic acid groups (broad SMARTS) is 2.